The molecule has 2 rings (SSSR count). The molecule has 2 aromatic rings. The van der Waals surface area contributed by atoms with E-state index >= 15 is 0 Å². The van der Waals surface area contributed by atoms with Crippen LogP contribution in [0, 0.1) is 18.3 Å². The molecule has 1 N–H and O–H groups in total. The Morgan fingerprint density at radius 1 is 1.25 bits per heavy atom. The lowest BCUT2D eigenvalue weighted by molar-refractivity contribution is 0.0616. The third-order valence-electron chi connectivity index (χ3n) is 3.45. The quantitative estimate of drug-likeness (QED) is 0.753. The number of carbonyl (C=O) groups is 1. The molecule has 0 radical (unpaired) electrons. The minimum absolute atomic E-state index is 0.135. The molecule has 24 heavy (non-hydrogen) atoms. The number of methoxy groups -OCH3 is 1. The van der Waals surface area contributed by atoms with Gasteiger partial charge >= 0.3 is 0 Å². The van der Waals surface area contributed by atoms with Crippen LogP contribution in [0.1, 0.15) is 33.0 Å². The van der Waals surface area contributed by atoms with E-state index in [0.717, 1.165) is 11.1 Å². The molecular weight excluding hydrogens is 308 g/mol. The summed E-state index contributed by atoms with van der Waals surface area (Å²) in [6, 6.07) is 11.1. The van der Waals surface area contributed by atoms with Crippen LogP contribution >= 0.6 is 0 Å². The lowest BCUT2D eigenvalue weighted by Crippen LogP contribution is -2.22. The van der Waals surface area contributed by atoms with Gasteiger partial charge in [-0.1, -0.05) is 24.3 Å². The van der Waals surface area contributed by atoms with Gasteiger partial charge in [0.2, 0.25) is 5.76 Å². The number of nitrogens with zero attached hydrogens (tertiary/aromatic N) is 1. The number of amides is 1. The Morgan fingerprint density at radius 2 is 1.96 bits per heavy atom. The smallest absolute Gasteiger partial charge is 0.255 e. The van der Waals surface area contributed by atoms with Gasteiger partial charge in [0, 0.05) is 19.7 Å². The number of furan rings is 1. The second-order valence-electron chi connectivity index (χ2n) is 5.24. The molecule has 1 aromatic heterocycles. The molecule has 126 valence electrons. The standard InChI is InChI=1S/C18H20N2O4/c1-13-17(9-16(10-19)24-13)18(21)20-11-14-3-5-15(6-4-14)12-23-8-7-22-2/h3-6,9H,7-8,11-12H2,1-2H3,(H,20,21). The van der Waals surface area contributed by atoms with Crippen molar-refractivity contribution in [2.75, 3.05) is 20.3 Å². The Balaban J connectivity index is 1.84. The minimum atomic E-state index is -0.260. The molecule has 0 aliphatic carbocycles. The largest absolute Gasteiger partial charge is 0.450 e. The third kappa shape index (κ3) is 4.95. The minimum Gasteiger partial charge on any atom is -0.450 e. The summed E-state index contributed by atoms with van der Waals surface area (Å²) in [5, 5.41) is 11.6. The Bertz CT molecular complexity index is 714. The van der Waals surface area contributed by atoms with Crippen LogP contribution in [0.5, 0.6) is 0 Å². The van der Waals surface area contributed by atoms with Crippen LogP contribution in [0.25, 0.3) is 0 Å². The highest BCUT2D eigenvalue weighted by Gasteiger charge is 2.14. The maximum absolute atomic E-state index is 12.1. The molecule has 1 heterocycles. The van der Waals surface area contributed by atoms with Gasteiger partial charge in [-0.25, -0.2) is 0 Å². The number of hydrogen-bond donors (Lipinski definition) is 1. The monoisotopic (exact) mass is 328 g/mol. The molecule has 0 saturated carbocycles. The van der Waals surface area contributed by atoms with E-state index in [9.17, 15) is 4.79 Å². The summed E-state index contributed by atoms with van der Waals surface area (Å²) in [7, 11) is 1.64. The number of ether oxygens (including phenoxy) is 2. The molecule has 1 aromatic carbocycles. The molecule has 0 unspecified atom stereocenters. The predicted octanol–water partition coefficient (Wildman–Crippen LogP) is 2.55. The Kier molecular flexibility index (Phi) is 6.55. The highest BCUT2D eigenvalue weighted by atomic mass is 16.5. The number of nitriles is 1. The van der Waals surface area contributed by atoms with Crippen LogP contribution in [0.15, 0.2) is 34.7 Å². The number of nitrogens with one attached hydrogen (secondary N) is 1. The lowest BCUT2D eigenvalue weighted by atomic mass is 10.1. The van der Waals surface area contributed by atoms with Gasteiger partial charge in [-0.3, -0.25) is 4.79 Å². The first-order valence-corrected chi connectivity index (χ1v) is 7.57. The van der Waals surface area contributed by atoms with Gasteiger partial charge in [0.1, 0.15) is 11.8 Å². The maximum Gasteiger partial charge on any atom is 0.255 e. The van der Waals surface area contributed by atoms with Gasteiger partial charge in [-0.05, 0) is 18.1 Å². The molecule has 0 aliphatic rings. The van der Waals surface area contributed by atoms with Crippen LogP contribution in [0.3, 0.4) is 0 Å². The molecule has 0 spiro atoms. The van der Waals surface area contributed by atoms with Crippen LogP contribution in [0.4, 0.5) is 0 Å². The number of benzene rings is 1. The van der Waals surface area contributed by atoms with Gasteiger partial charge in [0.25, 0.3) is 5.91 Å². The van der Waals surface area contributed by atoms with E-state index in [1.54, 1.807) is 14.0 Å². The van der Waals surface area contributed by atoms with E-state index in [1.807, 2.05) is 30.3 Å². The van der Waals surface area contributed by atoms with Crippen LogP contribution in [-0.4, -0.2) is 26.2 Å². The highest BCUT2D eigenvalue weighted by Crippen LogP contribution is 2.14. The zero-order valence-electron chi connectivity index (χ0n) is 13.8. The second kappa shape index (κ2) is 8.87. The van der Waals surface area contributed by atoms with Crippen molar-refractivity contribution in [1.82, 2.24) is 5.32 Å². The van der Waals surface area contributed by atoms with Crippen LogP contribution in [0.2, 0.25) is 0 Å². The molecule has 6 heteroatoms. The zero-order valence-corrected chi connectivity index (χ0v) is 13.8. The summed E-state index contributed by atoms with van der Waals surface area (Å²) < 4.78 is 15.5. The number of rotatable bonds is 8. The van der Waals surface area contributed by atoms with Gasteiger partial charge < -0.3 is 19.2 Å². The van der Waals surface area contributed by atoms with Crippen molar-refractivity contribution in [3.8, 4) is 6.07 Å². The Hall–Kier alpha value is -2.62. The van der Waals surface area contributed by atoms with Crippen molar-refractivity contribution in [3.63, 3.8) is 0 Å². The first kappa shape index (κ1) is 17.7. The SMILES string of the molecule is COCCOCc1ccc(CNC(=O)c2cc(C#N)oc2C)cc1. The van der Waals surface area contributed by atoms with E-state index < -0.39 is 0 Å². The predicted molar refractivity (Wildman–Crippen MR) is 87.3 cm³/mol. The molecule has 0 bridgehead atoms. The van der Waals surface area contributed by atoms with Gasteiger partial charge in [-0.2, -0.15) is 5.26 Å². The molecule has 0 fully saturated rings. The number of carbonyl (C=O) groups excluding carboxylic acids is 1. The average molecular weight is 328 g/mol. The normalized spacial score (nSPS) is 10.4. The number of hydrogen-bond acceptors (Lipinski definition) is 5. The highest BCUT2D eigenvalue weighted by molar-refractivity contribution is 5.95. The van der Waals surface area contributed by atoms with Crippen molar-refractivity contribution < 1.29 is 18.7 Å². The first-order chi connectivity index (χ1) is 11.6. The summed E-state index contributed by atoms with van der Waals surface area (Å²) in [6.07, 6.45) is 0. The fourth-order valence-corrected chi connectivity index (χ4v) is 2.13. The fourth-order valence-electron chi connectivity index (χ4n) is 2.13. The van der Waals surface area contributed by atoms with Crippen LogP contribution in [-0.2, 0) is 22.6 Å². The van der Waals surface area contributed by atoms with E-state index in [0.29, 0.717) is 37.7 Å². The third-order valence-corrected chi connectivity index (χ3v) is 3.45. The van der Waals surface area contributed by atoms with Crippen molar-refractivity contribution in [2.24, 2.45) is 0 Å². The lowest BCUT2D eigenvalue weighted by Gasteiger charge is -2.07. The van der Waals surface area contributed by atoms with Crippen molar-refractivity contribution >= 4 is 5.91 Å². The van der Waals surface area contributed by atoms with Gasteiger partial charge in [0.15, 0.2) is 0 Å². The van der Waals surface area contributed by atoms with Gasteiger partial charge in [0.05, 0.1) is 25.4 Å². The van der Waals surface area contributed by atoms with Crippen molar-refractivity contribution in [1.29, 1.82) is 5.26 Å². The van der Waals surface area contributed by atoms with E-state index in [-0.39, 0.29) is 11.7 Å². The van der Waals surface area contributed by atoms with Crippen LogP contribution < -0.4 is 5.32 Å². The van der Waals surface area contributed by atoms with Crippen molar-refractivity contribution in [2.45, 2.75) is 20.1 Å². The molecule has 0 saturated heterocycles. The van der Waals surface area contributed by atoms with E-state index in [2.05, 4.69) is 5.32 Å². The maximum atomic E-state index is 12.1. The molecule has 0 atom stereocenters. The Labute approximate surface area is 141 Å². The van der Waals surface area contributed by atoms with Gasteiger partial charge in [-0.15, -0.1) is 0 Å². The summed E-state index contributed by atoms with van der Waals surface area (Å²) >= 11 is 0. The van der Waals surface area contributed by atoms with E-state index in [1.165, 1.54) is 6.07 Å². The molecular formula is C18H20N2O4. The summed E-state index contributed by atoms with van der Waals surface area (Å²) in [5.74, 6) is 0.313. The summed E-state index contributed by atoms with van der Waals surface area (Å²) in [4.78, 5) is 12.1. The average Bonchev–Trinajstić information content (AvgIpc) is 2.99. The van der Waals surface area contributed by atoms with Crippen molar-refractivity contribution in [3.05, 3.63) is 58.5 Å². The summed E-state index contributed by atoms with van der Waals surface area (Å²) in [5.41, 5.74) is 2.42. The Morgan fingerprint density at radius 3 is 2.58 bits per heavy atom. The zero-order chi connectivity index (χ0) is 17.4. The summed E-state index contributed by atoms with van der Waals surface area (Å²) in [6.45, 7) is 3.72. The second-order valence-corrected chi connectivity index (χ2v) is 5.24. The first-order valence-electron chi connectivity index (χ1n) is 7.57. The van der Waals surface area contributed by atoms with E-state index in [4.69, 9.17) is 19.2 Å². The molecule has 1 amide bonds. The molecule has 0 aliphatic heterocycles. The molecule has 6 nitrogen and oxygen atoms in total. The topological polar surface area (TPSA) is 84.5 Å². The fraction of sp³-hybridized carbons (Fsp3) is 0.333. The number of aryl methyl sites for hydroxylation is 1.